The van der Waals surface area contributed by atoms with E-state index in [9.17, 15) is 0 Å². The quantitative estimate of drug-likeness (QED) is 0.776. The SMILES string of the molecule is ClCC1CCCCC1CNc1ncc(Cl)cc1Br. The molecule has 0 radical (unpaired) electrons. The van der Waals surface area contributed by atoms with Gasteiger partial charge in [0.25, 0.3) is 0 Å². The Bertz CT molecular complexity index is 401. The van der Waals surface area contributed by atoms with E-state index in [2.05, 4.69) is 26.2 Å². The van der Waals surface area contributed by atoms with E-state index in [1.165, 1.54) is 25.7 Å². The molecule has 0 spiro atoms. The Morgan fingerprint density at radius 1 is 1.33 bits per heavy atom. The molecule has 0 amide bonds. The molecular weight excluding hydrogens is 335 g/mol. The molecule has 2 unspecified atom stereocenters. The zero-order chi connectivity index (χ0) is 13.0. The van der Waals surface area contributed by atoms with Crippen LogP contribution in [0.2, 0.25) is 5.02 Å². The molecule has 2 rings (SSSR count). The van der Waals surface area contributed by atoms with Crippen LogP contribution < -0.4 is 5.32 Å². The van der Waals surface area contributed by atoms with Crippen molar-refractivity contribution in [2.75, 3.05) is 17.7 Å². The Balaban J connectivity index is 1.93. The maximum Gasteiger partial charge on any atom is 0.140 e. The molecule has 0 aliphatic heterocycles. The highest BCUT2D eigenvalue weighted by Crippen LogP contribution is 2.31. The van der Waals surface area contributed by atoms with Crippen LogP contribution in [0.15, 0.2) is 16.7 Å². The number of anilines is 1. The Kier molecular flexibility index (Phi) is 5.58. The summed E-state index contributed by atoms with van der Waals surface area (Å²) in [5, 5.41) is 4.04. The summed E-state index contributed by atoms with van der Waals surface area (Å²) >= 11 is 15.4. The first-order valence-electron chi connectivity index (χ1n) is 6.31. The Hall–Kier alpha value is 0.01000. The molecule has 0 saturated heterocycles. The minimum atomic E-state index is 0.638. The van der Waals surface area contributed by atoms with Gasteiger partial charge in [0.15, 0.2) is 0 Å². The smallest absolute Gasteiger partial charge is 0.140 e. The van der Waals surface area contributed by atoms with Gasteiger partial charge < -0.3 is 5.32 Å². The minimum Gasteiger partial charge on any atom is -0.369 e. The van der Waals surface area contributed by atoms with Crippen molar-refractivity contribution in [2.45, 2.75) is 25.7 Å². The van der Waals surface area contributed by atoms with Gasteiger partial charge >= 0.3 is 0 Å². The maximum atomic E-state index is 6.04. The van der Waals surface area contributed by atoms with E-state index in [4.69, 9.17) is 23.2 Å². The van der Waals surface area contributed by atoms with Gasteiger partial charge in [0.1, 0.15) is 5.82 Å². The van der Waals surface area contributed by atoms with E-state index in [0.717, 1.165) is 22.7 Å². The second-order valence-corrected chi connectivity index (χ2v) is 6.42. The normalized spacial score (nSPS) is 23.9. The fourth-order valence-electron chi connectivity index (χ4n) is 2.53. The van der Waals surface area contributed by atoms with Gasteiger partial charge in [-0.2, -0.15) is 0 Å². The summed E-state index contributed by atoms with van der Waals surface area (Å²) in [6.07, 6.45) is 6.81. The van der Waals surface area contributed by atoms with E-state index in [0.29, 0.717) is 16.9 Å². The van der Waals surface area contributed by atoms with Crippen molar-refractivity contribution in [2.24, 2.45) is 11.8 Å². The van der Waals surface area contributed by atoms with E-state index >= 15 is 0 Å². The second kappa shape index (κ2) is 6.97. The standard InChI is InChI=1S/C13H17BrCl2N2/c14-12-5-11(16)8-18-13(12)17-7-10-4-2-1-3-9(10)6-15/h5,8-10H,1-4,6-7H2,(H,17,18). The predicted molar refractivity (Wildman–Crippen MR) is 81.6 cm³/mol. The zero-order valence-corrected chi connectivity index (χ0v) is 13.2. The third-order valence-electron chi connectivity index (χ3n) is 3.60. The topological polar surface area (TPSA) is 24.9 Å². The zero-order valence-electron chi connectivity index (χ0n) is 10.1. The molecule has 0 bridgehead atoms. The number of aromatic nitrogens is 1. The van der Waals surface area contributed by atoms with Gasteiger partial charge in [-0.3, -0.25) is 0 Å². The number of alkyl halides is 1. The highest BCUT2D eigenvalue weighted by atomic mass is 79.9. The number of pyridine rings is 1. The molecule has 1 aromatic heterocycles. The van der Waals surface area contributed by atoms with E-state index < -0.39 is 0 Å². The number of halogens is 3. The summed E-state index contributed by atoms with van der Waals surface area (Å²) < 4.78 is 0.910. The molecule has 5 heteroatoms. The van der Waals surface area contributed by atoms with Crippen LogP contribution in [-0.2, 0) is 0 Å². The lowest BCUT2D eigenvalue weighted by Crippen LogP contribution is -2.27. The number of nitrogens with zero attached hydrogens (tertiary/aromatic N) is 1. The number of nitrogens with one attached hydrogen (secondary N) is 1. The summed E-state index contributed by atoms with van der Waals surface area (Å²) in [4.78, 5) is 4.29. The van der Waals surface area contributed by atoms with Gasteiger partial charge in [0.05, 0.1) is 9.50 Å². The molecule has 1 aliphatic rings. The molecule has 1 N–H and O–H groups in total. The molecule has 1 heterocycles. The largest absolute Gasteiger partial charge is 0.369 e. The summed E-state index contributed by atoms with van der Waals surface area (Å²) in [7, 11) is 0. The van der Waals surface area contributed by atoms with E-state index in [1.54, 1.807) is 6.20 Å². The van der Waals surface area contributed by atoms with Gasteiger partial charge in [0, 0.05) is 18.6 Å². The molecule has 2 nitrogen and oxygen atoms in total. The van der Waals surface area contributed by atoms with E-state index in [-0.39, 0.29) is 0 Å². The van der Waals surface area contributed by atoms with Gasteiger partial charge in [-0.15, -0.1) is 11.6 Å². The van der Waals surface area contributed by atoms with Crippen molar-refractivity contribution in [3.05, 3.63) is 21.8 Å². The first-order valence-corrected chi connectivity index (χ1v) is 8.02. The van der Waals surface area contributed by atoms with Crippen molar-refractivity contribution in [1.29, 1.82) is 0 Å². The van der Waals surface area contributed by atoms with Crippen LogP contribution >= 0.6 is 39.1 Å². The molecule has 1 fully saturated rings. The number of hydrogen-bond donors (Lipinski definition) is 1. The van der Waals surface area contributed by atoms with Crippen LogP contribution in [-0.4, -0.2) is 17.4 Å². The van der Waals surface area contributed by atoms with Crippen LogP contribution in [0.3, 0.4) is 0 Å². The molecule has 2 atom stereocenters. The molecular formula is C13H17BrCl2N2. The van der Waals surface area contributed by atoms with Crippen molar-refractivity contribution in [1.82, 2.24) is 4.98 Å². The fraction of sp³-hybridized carbons (Fsp3) is 0.615. The lowest BCUT2D eigenvalue weighted by molar-refractivity contribution is 0.272. The second-order valence-electron chi connectivity index (χ2n) is 4.82. The number of rotatable bonds is 4. The van der Waals surface area contributed by atoms with Crippen molar-refractivity contribution in [3.63, 3.8) is 0 Å². The lowest BCUT2D eigenvalue weighted by Gasteiger charge is -2.30. The van der Waals surface area contributed by atoms with Gasteiger partial charge in [0.2, 0.25) is 0 Å². The summed E-state index contributed by atoms with van der Waals surface area (Å²) in [5.41, 5.74) is 0. The Morgan fingerprint density at radius 3 is 2.72 bits per heavy atom. The third-order valence-corrected chi connectivity index (χ3v) is 4.81. The third kappa shape index (κ3) is 3.75. The Labute approximate surface area is 127 Å². The number of hydrogen-bond acceptors (Lipinski definition) is 2. The van der Waals surface area contributed by atoms with Crippen LogP contribution in [0, 0.1) is 11.8 Å². The average molecular weight is 352 g/mol. The summed E-state index contributed by atoms with van der Waals surface area (Å²) in [6.45, 7) is 0.935. The van der Waals surface area contributed by atoms with Crippen LogP contribution in [0.4, 0.5) is 5.82 Å². The minimum absolute atomic E-state index is 0.638. The fourth-order valence-corrected chi connectivity index (χ4v) is 3.71. The predicted octanol–water partition coefficient (Wildman–Crippen LogP) is 4.95. The highest BCUT2D eigenvalue weighted by molar-refractivity contribution is 9.10. The van der Waals surface area contributed by atoms with Crippen LogP contribution in [0.25, 0.3) is 0 Å². The van der Waals surface area contributed by atoms with Crippen molar-refractivity contribution < 1.29 is 0 Å². The van der Waals surface area contributed by atoms with E-state index in [1.807, 2.05) is 6.07 Å². The first kappa shape index (κ1) is 14.4. The highest BCUT2D eigenvalue weighted by Gasteiger charge is 2.24. The molecule has 100 valence electrons. The molecule has 1 aromatic rings. The molecule has 18 heavy (non-hydrogen) atoms. The van der Waals surface area contributed by atoms with Crippen LogP contribution in [0.1, 0.15) is 25.7 Å². The van der Waals surface area contributed by atoms with Crippen molar-refractivity contribution in [3.8, 4) is 0 Å². The average Bonchev–Trinajstić information content (AvgIpc) is 2.38. The monoisotopic (exact) mass is 350 g/mol. The lowest BCUT2D eigenvalue weighted by atomic mass is 9.80. The Morgan fingerprint density at radius 2 is 2.06 bits per heavy atom. The van der Waals surface area contributed by atoms with Gasteiger partial charge in [-0.05, 0) is 46.7 Å². The molecule has 1 aliphatic carbocycles. The van der Waals surface area contributed by atoms with Gasteiger partial charge in [-0.25, -0.2) is 4.98 Å². The summed E-state index contributed by atoms with van der Waals surface area (Å²) in [6, 6.07) is 1.86. The van der Waals surface area contributed by atoms with Crippen molar-refractivity contribution >= 4 is 44.9 Å². The maximum absolute atomic E-state index is 6.04. The molecule has 1 saturated carbocycles. The molecule has 0 aromatic carbocycles. The summed E-state index contributed by atoms with van der Waals surface area (Å²) in [5.74, 6) is 2.92. The van der Waals surface area contributed by atoms with Gasteiger partial charge in [-0.1, -0.05) is 24.4 Å². The van der Waals surface area contributed by atoms with Crippen LogP contribution in [0.5, 0.6) is 0 Å². The first-order chi connectivity index (χ1) is 8.70.